The van der Waals surface area contributed by atoms with Gasteiger partial charge in [-0.15, -0.1) is 0 Å². The van der Waals surface area contributed by atoms with Gasteiger partial charge in [0.15, 0.2) is 18.1 Å². The van der Waals surface area contributed by atoms with Crippen molar-refractivity contribution in [1.82, 2.24) is 5.43 Å². The third-order valence-corrected chi connectivity index (χ3v) is 5.39. The number of methoxy groups -OCH3 is 1. The third-order valence-electron chi connectivity index (χ3n) is 4.45. The van der Waals surface area contributed by atoms with E-state index in [1.165, 1.54) is 13.3 Å². The lowest BCUT2D eigenvalue weighted by Crippen LogP contribution is -2.20. The molecular weight excluding hydrogens is 510 g/mol. The standard InChI is InChI=1S/C24H21BrClN3O4/c1-15-3-9-19(10-4-15)28-23(30)14-33-22-12-20(25)17(11-21(22)32-2)13-27-29-24(31)16-5-7-18(26)8-6-16/h3-13H,14H2,1-2H3,(H,28,30)(H,29,31)/b27-13-. The number of carbonyl (C=O) groups excluding carboxylic acids is 2. The Bertz CT molecular complexity index is 1170. The zero-order valence-electron chi connectivity index (χ0n) is 17.9. The maximum Gasteiger partial charge on any atom is 0.271 e. The van der Waals surface area contributed by atoms with Crippen LogP contribution >= 0.6 is 27.5 Å². The van der Waals surface area contributed by atoms with Crippen molar-refractivity contribution >= 4 is 51.2 Å². The number of nitrogens with zero attached hydrogens (tertiary/aromatic N) is 1. The first-order valence-electron chi connectivity index (χ1n) is 9.81. The lowest BCUT2D eigenvalue weighted by Gasteiger charge is -2.13. The van der Waals surface area contributed by atoms with E-state index < -0.39 is 0 Å². The van der Waals surface area contributed by atoms with E-state index in [1.807, 2.05) is 31.2 Å². The summed E-state index contributed by atoms with van der Waals surface area (Å²) in [4.78, 5) is 24.3. The lowest BCUT2D eigenvalue weighted by atomic mass is 10.2. The predicted molar refractivity (Wildman–Crippen MR) is 133 cm³/mol. The Labute approximate surface area is 204 Å². The summed E-state index contributed by atoms with van der Waals surface area (Å²) in [5.41, 5.74) is 5.32. The molecule has 0 saturated heterocycles. The second kappa shape index (κ2) is 11.5. The molecule has 0 saturated carbocycles. The van der Waals surface area contributed by atoms with Gasteiger partial charge in [-0.1, -0.05) is 29.3 Å². The molecule has 0 aliphatic rings. The minimum atomic E-state index is -0.370. The number of anilines is 1. The van der Waals surface area contributed by atoms with Crippen molar-refractivity contribution in [3.63, 3.8) is 0 Å². The second-order valence-corrected chi connectivity index (χ2v) is 8.22. The number of aryl methyl sites for hydroxylation is 1. The van der Waals surface area contributed by atoms with Crippen molar-refractivity contribution in [1.29, 1.82) is 0 Å². The first-order chi connectivity index (χ1) is 15.9. The van der Waals surface area contributed by atoms with Gasteiger partial charge in [0.05, 0.1) is 13.3 Å². The molecule has 2 amide bonds. The van der Waals surface area contributed by atoms with E-state index in [1.54, 1.807) is 36.4 Å². The van der Waals surface area contributed by atoms with E-state index in [9.17, 15) is 9.59 Å². The number of halogens is 2. The molecule has 0 fully saturated rings. The summed E-state index contributed by atoms with van der Waals surface area (Å²) in [6.07, 6.45) is 1.47. The van der Waals surface area contributed by atoms with Gasteiger partial charge in [0.25, 0.3) is 11.8 Å². The number of benzene rings is 3. The summed E-state index contributed by atoms with van der Waals surface area (Å²) in [6.45, 7) is 1.78. The van der Waals surface area contributed by atoms with Crippen LogP contribution in [0.3, 0.4) is 0 Å². The number of rotatable bonds is 8. The van der Waals surface area contributed by atoms with Crippen molar-refractivity contribution in [2.24, 2.45) is 5.10 Å². The fraction of sp³-hybridized carbons (Fsp3) is 0.125. The monoisotopic (exact) mass is 529 g/mol. The molecule has 0 aliphatic carbocycles. The average Bonchev–Trinajstić information content (AvgIpc) is 2.80. The zero-order chi connectivity index (χ0) is 23.8. The molecule has 7 nitrogen and oxygen atoms in total. The van der Waals surface area contributed by atoms with Gasteiger partial charge in [-0.25, -0.2) is 5.43 Å². The first-order valence-corrected chi connectivity index (χ1v) is 11.0. The van der Waals surface area contributed by atoms with Crippen molar-refractivity contribution in [3.05, 3.63) is 86.8 Å². The predicted octanol–water partition coefficient (Wildman–Crippen LogP) is 5.20. The lowest BCUT2D eigenvalue weighted by molar-refractivity contribution is -0.118. The molecular formula is C24H21BrClN3O4. The van der Waals surface area contributed by atoms with Crippen LogP contribution in [-0.2, 0) is 4.79 Å². The molecule has 0 aliphatic heterocycles. The van der Waals surface area contributed by atoms with Crippen molar-refractivity contribution < 1.29 is 19.1 Å². The van der Waals surface area contributed by atoms with Crippen LogP contribution in [-0.4, -0.2) is 31.7 Å². The second-order valence-electron chi connectivity index (χ2n) is 6.93. The smallest absolute Gasteiger partial charge is 0.271 e. The number of carbonyl (C=O) groups is 2. The zero-order valence-corrected chi connectivity index (χ0v) is 20.2. The van der Waals surface area contributed by atoms with E-state index in [-0.39, 0.29) is 18.4 Å². The van der Waals surface area contributed by atoms with Crippen LogP contribution in [0.4, 0.5) is 5.69 Å². The molecule has 3 aromatic rings. The van der Waals surface area contributed by atoms with Gasteiger partial charge in [-0.2, -0.15) is 5.10 Å². The largest absolute Gasteiger partial charge is 0.493 e. The van der Waals surface area contributed by atoms with E-state index in [0.29, 0.717) is 37.8 Å². The van der Waals surface area contributed by atoms with Crippen molar-refractivity contribution in [3.8, 4) is 11.5 Å². The molecule has 33 heavy (non-hydrogen) atoms. The number of amides is 2. The average molecular weight is 531 g/mol. The highest BCUT2D eigenvalue weighted by atomic mass is 79.9. The van der Waals surface area contributed by atoms with Gasteiger partial charge in [0, 0.05) is 26.3 Å². The summed E-state index contributed by atoms with van der Waals surface area (Å²) in [6, 6.07) is 17.3. The maximum absolute atomic E-state index is 12.2. The van der Waals surface area contributed by atoms with Crippen molar-refractivity contribution in [2.45, 2.75) is 6.92 Å². The molecule has 0 atom stereocenters. The van der Waals surface area contributed by atoms with E-state index in [0.717, 1.165) is 5.56 Å². The summed E-state index contributed by atoms with van der Waals surface area (Å²) < 4.78 is 11.7. The number of ether oxygens (including phenoxy) is 2. The third kappa shape index (κ3) is 7.06. The SMILES string of the molecule is COc1cc(/C=N\NC(=O)c2ccc(Cl)cc2)c(Br)cc1OCC(=O)Nc1ccc(C)cc1. The van der Waals surface area contributed by atoms with Gasteiger partial charge in [-0.3, -0.25) is 9.59 Å². The fourth-order valence-corrected chi connectivity index (χ4v) is 3.28. The summed E-state index contributed by atoms with van der Waals surface area (Å²) in [7, 11) is 1.49. The van der Waals surface area contributed by atoms with E-state index in [2.05, 4.69) is 31.8 Å². The van der Waals surface area contributed by atoms with Crippen LogP contribution in [0.25, 0.3) is 0 Å². The summed E-state index contributed by atoms with van der Waals surface area (Å²) in [5, 5.41) is 7.30. The molecule has 0 radical (unpaired) electrons. The number of nitrogens with one attached hydrogen (secondary N) is 2. The van der Waals surface area contributed by atoms with Crippen LogP contribution in [0.2, 0.25) is 5.02 Å². The Hall–Kier alpha value is -3.36. The molecule has 3 aromatic carbocycles. The van der Waals surface area contributed by atoms with Gasteiger partial charge in [-0.05, 0) is 71.4 Å². The van der Waals surface area contributed by atoms with Crippen LogP contribution < -0.4 is 20.2 Å². The van der Waals surface area contributed by atoms with Gasteiger partial charge in [0.1, 0.15) is 0 Å². The van der Waals surface area contributed by atoms with Gasteiger partial charge < -0.3 is 14.8 Å². The van der Waals surface area contributed by atoms with Crippen LogP contribution in [0, 0.1) is 6.92 Å². The molecule has 0 spiro atoms. The van der Waals surface area contributed by atoms with E-state index >= 15 is 0 Å². The highest BCUT2D eigenvalue weighted by Gasteiger charge is 2.12. The van der Waals surface area contributed by atoms with Crippen LogP contribution in [0.1, 0.15) is 21.5 Å². The highest BCUT2D eigenvalue weighted by Crippen LogP contribution is 2.33. The molecule has 0 heterocycles. The minimum absolute atomic E-state index is 0.193. The van der Waals surface area contributed by atoms with Crippen molar-refractivity contribution in [2.75, 3.05) is 19.0 Å². The fourth-order valence-electron chi connectivity index (χ4n) is 2.73. The quantitative estimate of drug-likeness (QED) is 0.309. The van der Waals surface area contributed by atoms with E-state index in [4.69, 9.17) is 21.1 Å². The molecule has 3 rings (SSSR count). The highest BCUT2D eigenvalue weighted by molar-refractivity contribution is 9.10. The van der Waals surface area contributed by atoms with Crippen LogP contribution in [0.15, 0.2) is 70.2 Å². The Morgan fingerprint density at radius 3 is 2.42 bits per heavy atom. The Kier molecular flexibility index (Phi) is 8.46. The maximum atomic E-state index is 12.2. The summed E-state index contributed by atoms with van der Waals surface area (Å²) in [5.74, 6) is 0.121. The Balaban J connectivity index is 1.61. The molecule has 0 unspecified atom stereocenters. The normalized spacial score (nSPS) is 10.7. The summed E-state index contributed by atoms with van der Waals surface area (Å²) >= 11 is 9.27. The molecule has 0 aromatic heterocycles. The number of hydrogen-bond acceptors (Lipinski definition) is 5. The molecule has 170 valence electrons. The first kappa shape index (κ1) is 24.3. The minimum Gasteiger partial charge on any atom is -0.493 e. The molecule has 2 N–H and O–H groups in total. The molecule has 9 heteroatoms. The van der Waals surface area contributed by atoms with Gasteiger partial charge in [0.2, 0.25) is 0 Å². The van der Waals surface area contributed by atoms with Crippen LogP contribution in [0.5, 0.6) is 11.5 Å². The topological polar surface area (TPSA) is 89.0 Å². The Morgan fingerprint density at radius 2 is 1.76 bits per heavy atom. The number of hydrogen-bond donors (Lipinski definition) is 2. The van der Waals surface area contributed by atoms with Gasteiger partial charge >= 0.3 is 0 Å². The number of hydrazone groups is 1. The Morgan fingerprint density at radius 1 is 1.06 bits per heavy atom. The molecule has 0 bridgehead atoms.